The molecular weight excluding hydrogens is 612 g/mol. The quantitative estimate of drug-likeness (QED) is 0.298. The third-order valence-electron chi connectivity index (χ3n) is 10.9. The Labute approximate surface area is 270 Å². The lowest BCUT2D eigenvalue weighted by molar-refractivity contribution is -0.134. The van der Waals surface area contributed by atoms with Crippen LogP contribution in [-0.4, -0.2) is 56.4 Å². The maximum absolute atomic E-state index is 15.4. The van der Waals surface area contributed by atoms with E-state index < -0.39 is 32.9 Å². The highest BCUT2D eigenvalue weighted by atomic mass is 32.2. The number of sulfonamides is 1. The van der Waals surface area contributed by atoms with Crippen LogP contribution in [0.25, 0.3) is 11.1 Å². The van der Waals surface area contributed by atoms with Crippen LogP contribution in [0.5, 0.6) is 5.75 Å². The molecule has 1 heterocycles. The van der Waals surface area contributed by atoms with Crippen LogP contribution in [0.15, 0.2) is 36.4 Å². The molecule has 0 aromatic heterocycles. The molecule has 6 rings (SSSR count). The first kappa shape index (κ1) is 32.9. The number of hydrogen-bond acceptors (Lipinski definition) is 6. The van der Waals surface area contributed by atoms with E-state index in [1.54, 1.807) is 38.1 Å². The van der Waals surface area contributed by atoms with Gasteiger partial charge in [-0.05, 0) is 112 Å². The highest BCUT2D eigenvalue weighted by Gasteiger charge is 2.55. The van der Waals surface area contributed by atoms with Gasteiger partial charge in [-0.25, -0.2) is 17.2 Å². The zero-order valence-corrected chi connectivity index (χ0v) is 27.7. The molecule has 0 unspecified atom stereocenters. The molecule has 46 heavy (non-hydrogen) atoms. The van der Waals surface area contributed by atoms with E-state index in [1.165, 1.54) is 13.0 Å². The molecule has 1 aliphatic heterocycles. The van der Waals surface area contributed by atoms with Gasteiger partial charge in [0, 0.05) is 30.1 Å². The number of benzene rings is 2. The molecule has 2 aromatic carbocycles. The molecule has 4 fully saturated rings. The van der Waals surface area contributed by atoms with Crippen molar-refractivity contribution in [2.75, 3.05) is 18.9 Å². The summed E-state index contributed by atoms with van der Waals surface area (Å²) in [6.07, 6.45) is 7.28. The third kappa shape index (κ3) is 6.29. The largest absolute Gasteiger partial charge is 0.493 e. The van der Waals surface area contributed by atoms with Crippen molar-refractivity contribution in [1.29, 1.82) is 0 Å². The van der Waals surface area contributed by atoms with Gasteiger partial charge < -0.3 is 15.4 Å². The van der Waals surface area contributed by atoms with E-state index in [4.69, 9.17) is 4.74 Å². The lowest BCUT2D eigenvalue weighted by atomic mass is 9.73. The van der Waals surface area contributed by atoms with Crippen molar-refractivity contribution < 1.29 is 31.5 Å². The molecule has 3 N–H and O–H groups in total. The minimum Gasteiger partial charge on any atom is -0.493 e. The first-order chi connectivity index (χ1) is 21.7. The Morgan fingerprint density at radius 1 is 1.09 bits per heavy atom. The number of alkyl halides is 1. The van der Waals surface area contributed by atoms with Crippen LogP contribution in [0.3, 0.4) is 0 Å². The van der Waals surface area contributed by atoms with Gasteiger partial charge in [-0.2, -0.15) is 0 Å². The molecule has 1 saturated heterocycles. The zero-order chi connectivity index (χ0) is 32.9. The number of hydrogen-bond donors (Lipinski definition) is 3. The molecule has 3 saturated carbocycles. The third-order valence-corrected chi connectivity index (χ3v) is 12.1. The lowest BCUT2D eigenvalue weighted by Gasteiger charge is -2.39. The molecule has 0 bridgehead atoms. The number of carbonyl (C=O) groups excluding carboxylic acids is 2. The minimum atomic E-state index is -3.76. The van der Waals surface area contributed by atoms with Crippen molar-refractivity contribution in [3.63, 3.8) is 0 Å². The van der Waals surface area contributed by atoms with Gasteiger partial charge in [0.05, 0.1) is 17.8 Å². The predicted molar refractivity (Wildman–Crippen MR) is 172 cm³/mol. The van der Waals surface area contributed by atoms with E-state index in [9.17, 15) is 18.0 Å². The summed E-state index contributed by atoms with van der Waals surface area (Å²) < 4.78 is 63.6. The fraction of sp³-hybridized carbons (Fsp3) is 0.600. The first-order valence-corrected chi connectivity index (χ1v) is 18.3. The topological polar surface area (TPSA) is 114 Å². The summed E-state index contributed by atoms with van der Waals surface area (Å²) in [4.78, 5) is 26.0. The zero-order valence-electron chi connectivity index (χ0n) is 26.9. The second-order valence-corrected chi connectivity index (χ2v) is 16.5. The van der Waals surface area contributed by atoms with Crippen molar-refractivity contribution in [2.24, 2.45) is 5.92 Å². The molecule has 2 amide bonds. The smallest absolute Gasteiger partial charge is 0.259 e. The summed E-state index contributed by atoms with van der Waals surface area (Å²) in [6.45, 7) is 5.20. The molecule has 11 heteroatoms. The van der Waals surface area contributed by atoms with Crippen molar-refractivity contribution >= 4 is 21.8 Å². The molecule has 1 atom stereocenters. The minimum absolute atomic E-state index is 0.0622. The summed E-state index contributed by atoms with van der Waals surface area (Å²) in [5, 5.41) is 6.15. The van der Waals surface area contributed by atoms with Crippen LogP contribution in [-0.2, 0) is 25.0 Å². The maximum atomic E-state index is 15.4. The van der Waals surface area contributed by atoms with Crippen molar-refractivity contribution in [1.82, 2.24) is 15.4 Å². The lowest BCUT2D eigenvalue weighted by Crippen LogP contribution is -2.53. The highest BCUT2D eigenvalue weighted by molar-refractivity contribution is 7.90. The van der Waals surface area contributed by atoms with Crippen LogP contribution >= 0.6 is 0 Å². The van der Waals surface area contributed by atoms with Gasteiger partial charge in [0.25, 0.3) is 5.91 Å². The summed E-state index contributed by atoms with van der Waals surface area (Å²) in [5.41, 5.74) is -0.752. The van der Waals surface area contributed by atoms with Crippen LogP contribution in [0, 0.1) is 11.7 Å². The molecular formula is C35H45F2N3O5S. The summed E-state index contributed by atoms with van der Waals surface area (Å²) in [6, 6.07) is 10.2. The predicted octanol–water partition coefficient (Wildman–Crippen LogP) is 5.40. The fourth-order valence-electron chi connectivity index (χ4n) is 7.23. The number of rotatable bonds is 11. The summed E-state index contributed by atoms with van der Waals surface area (Å²) in [5.74, 6) is -0.922. The van der Waals surface area contributed by atoms with Gasteiger partial charge in [0.1, 0.15) is 11.6 Å². The monoisotopic (exact) mass is 657 g/mol. The van der Waals surface area contributed by atoms with Gasteiger partial charge in [-0.1, -0.05) is 24.6 Å². The average Bonchev–Trinajstić information content (AvgIpc) is 3.34. The number of halogens is 2. The fourth-order valence-corrected chi connectivity index (χ4v) is 7.91. The first-order valence-electron chi connectivity index (χ1n) is 16.6. The summed E-state index contributed by atoms with van der Waals surface area (Å²) >= 11 is 0. The normalized spacial score (nSPS) is 25.7. The van der Waals surface area contributed by atoms with Crippen molar-refractivity contribution in [3.8, 4) is 16.9 Å². The average molecular weight is 658 g/mol. The van der Waals surface area contributed by atoms with Gasteiger partial charge in [0.15, 0.2) is 0 Å². The number of carbonyl (C=O) groups is 2. The molecule has 4 aliphatic rings. The Balaban J connectivity index is 1.18. The second-order valence-electron chi connectivity index (χ2n) is 14.4. The molecule has 2 aromatic rings. The molecule has 1 spiro atoms. The molecule has 250 valence electrons. The Morgan fingerprint density at radius 2 is 1.83 bits per heavy atom. The summed E-state index contributed by atoms with van der Waals surface area (Å²) in [7, 11) is -3.76. The van der Waals surface area contributed by atoms with Crippen molar-refractivity contribution in [3.05, 3.63) is 53.3 Å². The van der Waals surface area contributed by atoms with E-state index in [1.807, 2.05) is 6.07 Å². The van der Waals surface area contributed by atoms with Gasteiger partial charge in [-0.3, -0.25) is 14.3 Å². The number of amides is 2. The number of nitrogens with one attached hydrogen (secondary N) is 3. The Kier molecular flexibility index (Phi) is 8.72. The molecule has 8 nitrogen and oxygen atoms in total. The van der Waals surface area contributed by atoms with Gasteiger partial charge in [0.2, 0.25) is 21.6 Å². The Bertz CT molecular complexity index is 1620. The van der Waals surface area contributed by atoms with E-state index in [0.29, 0.717) is 47.5 Å². The maximum Gasteiger partial charge on any atom is 0.259 e. The van der Waals surface area contributed by atoms with Crippen LogP contribution in [0.1, 0.15) is 95.6 Å². The second kappa shape index (κ2) is 12.2. The molecule has 0 radical (unpaired) electrons. The van der Waals surface area contributed by atoms with E-state index in [0.717, 1.165) is 38.5 Å². The highest BCUT2D eigenvalue weighted by Crippen LogP contribution is 2.46. The van der Waals surface area contributed by atoms with Crippen molar-refractivity contribution in [2.45, 2.75) is 107 Å². The van der Waals surface area contributed by atoms with Crippen LogP contribution < -0.4 is 20.1 Å². The number of ether oxygens (including phenoxy) is 1. The Hall–Kier alpha value is -3.05. The van der Waals surface area contributed by atoms with E-state index in [-0.39, 0.29) is 48.0 Å². The van der Waals surface area contributed by atoms with E-state index >= 15 is 8.78 Å². The molecule has 3 aliphatic carbocycles. The SMILES string of the molecule is CCS(=O)(=O)NC(=O)C(C)(C)c1ccc(OCC2CC(NC(=O)[C@@]3(F)CNC4(CCC4)C3)C2)c(-c2cccc(F)c2C2CCC2)c1. The van der Waals surface area contributed by atoms with E-state index in [2.05, 4.69) is 15.4 Å². The van der Waals surface area contributed by atoms with Crippen LogP contribution in [0.4, 0.5) is 8.78 Å². The Morgan fingerprint density at radius 3 is 2.43 bits per heavy atom. The van der Waals surface area contributed by atoms with Crippen LogP contribution in [0.2, 0.25) is 0 Å². The standard InChI is InChI=1S/C35H45F2N3O5S/c1-4-46(43,44)40-31(41)33(2,3)24-12-13-29(27(18-24)26-10-6-11-28(36)30(26)23-8-5-9-23)45-19-22-16-25(17-22)39-32(42)35(37)20-34(38-21-35)14-7-15-34/h6,10-13,18,22-23,25,38H,4-5,7-9,14-17,19-21H2,1-3H3,(H,39,42)(H,40,41)/t22?,25?,35-/m0/s1. The van der Waals surface area contributed by atoms with Gasteiger partial charge in [-0.15, -0.1) is 0 Å². The van der Waals surface area contributed by atoms with Gasteiger partial charge >= 0.3 is 0 Å².